The molecular formula is C8H2Br2F3N. The van der Waals surface area contributed by atoms with E-state index in [9.17, 15) is 13.2 Å². The first-order valence-corrected chi connectivity index (χ1v) is 4.92. The van der Waals surface area contributed by atoms with Gasteiger partial charge in [0.15, 0.2) is 0 Å². The van der Waals surface area contributed by atoms with Crippen molar-refractivity contribution in [1.29, 1.82) is 5.26 Å². The zero-order valence-corrected chi connectivity index (χ0v) is 9.66. The summed E-state index contributed by atoms with van der Waals surface area (Å²) in [5.41, 5.74) is -1.35. The number of nitrogens with zero attached hydrogens (tertiary/aromatic N) is 1. The summed E-state index contributed by atoms with van der Waals surface area (Å²) in [7, 11) is 0. The van der Waals surface area contributed by atoms with E-state index in [2.05, 4.69) is 31.9 Å². The molecule has 0 bridgehead atoms. The van der Waals surface area contributed by atoms with Gasteiger partial charge in [-0.05, 0) is 44.0 Å². The van der Waals surface area contributed by atoms with Gasteiger partial charge >= 0.3 is 6.18 Å². The van der Waals surface area contributed by atoms with E-state index in [0.717, 1.165) is 6.07 Å². The molecule has 0 aliphatic carbocycles. The number of alkyl halides is 3. The van der Waals surface area contributed by atoms with Crippen LogP contribution >= 0.6 is 31.9 Å². The molecule has 0 radical (unpaired) electrons. The van der Waals surface area contributed by atoms with E-state index in [-0.39, 0.29) is 4.47 Å². The molecule has 0 atom stereocenters. The maximum Gasteiger partial charge on any atom is 0.417 e. The molecule has 0 aliphatic rings. The third kappa shape index (κ3) is 2.10. The summed E-state index contributed by atoms with van der Waals surface area (Å²) in [6, 6.07) is 3.63. The SMILES string of the molecule is N#Cc1c(C(F)(F)F)ccc(Br)c1Br. The highest BCUT2D eigenvalue weighted by Gasteiger charge is 2.34. The van der Waals surface area contributed by atoms with E-state index in [1.807, 2.05) is 0 Å². The number of hydrogen-bond acceptors (Lipinski definition) is 1. The molecule has 0 N–H and O–H groups in total. The number of halogens is 5. The van der Waals surface area contributed by atoms with E-state index in [1.165, 1.54) is 12.1 Å². The quantitative estimate of drug-likeness (QED) is 0.703. The molecule has 0 unspecified atom stereocenters. The zero-order chi connectivity index (χ0) is 10.9. The monoisotopic (exact) mass is 327 g/mol. The van der Waals surface area contributed by atoms with Crippen LogP contribution in [0.25, 0.3) is 0 Å². The van der Waals surface area contributed by atoms with Gasteiger partial charge < -0.3 is 0 Å². The van der Waals surface area contributed by atoms with Crippen molar-refractivity contribution >= 4 is 31.9 Å². The average Bonchev–Trinajstić information content (AvgIpc) is 2.07. The van der Waals surface area contributed by atoms with Crippen molar-refractivity contribution in [1.82, 2.24) is 0 Å². The minimum Gasteiger partial charge on any atom is -0.192 e. The zero-order valence-electron chi connectivity index (χ0n) is 6.49. The summed E-state index contributed by atoms with van der Waals surface area (Å²) in [5, 5.41) is 8.59. The molecule has 1 rings (SSSR count). The molecule has 0 fully saturated rings. The molecule has 0 spiro atoms. The summed E-state index contributed by atoms with van der Waals surface area (Å²) in [6.07, 6.45) is -4.51. The van der Waals surface area contributed by atoms with Crippen LogP contribution in [-0.2, 0) is 6.18 Å². The summed E-state index contributed by atoms with van der Waals surface area (Å²) in [5.74, 6) is 0. The van der Waals surface area contributed by atoms with Crippen LogP contribution in [0, 0.1) is 11.3 Å². The van der Waals surface area contributed by atoms with Crippen molar-refractivity contribution in [2.45, 2.75) is 6.18 Å². The van der Waals surface area contributed by atoms with Crippen LogP contribution in [-0.4, -0.2) is 0 Å². The normalized spacial score (nSPS) is 11.1. The Labute approximate surface area is 94.8 Å². The Balaban J connectivity index is 3.49. The van der Waals surface area contributed by atoms with Crippen LogP contribution < -0.4 is 0 Å². The Kier molecular flexibility index (Phi) is 3.22. The number of nitriles is 1. The molecule has 14 heavy (non-hydrogen) atoms. The van der Waals surface area contributed by atoms with E-state index in [1.54, 1.807) is 0 Å². The third-order valence-corrected chi connectivity index (χ3v) is 3.53. The summed E-state index contributed by atoms with van der Waals surface area (Å²) in [4.78, 5) is 0. The van der Waals surface area contributed by atoms with E-state index < -0.39 is 17.3 Å². The Morgan fingerprint density at radius 2 is 1.79 bits per heavy atom. The van der Waals surface area contributed by atoms with Crippen LogP contribution in [0.15, 0.2) is 21.1 Å². The second kappa shape index (κ2) is 3.91. The van der Waals surface area contributed by atoms with Gasteiger partial charge in [0.05, 0.1) is 15.6 Å². The number of hydrogen-bond donors (Lipinski definition) is 0. The summed E-state index contributed by atoms with van der Waals surface area (Å²) >= 11 is 5.94. The van der Waals surface area contributed by atoms with Gasteiger partial charge in [0.1, 0.15) is 6.07 Å². The lowest BCUT2D eigenvalue weighted by Crippen LogP contribution is -2.08. The molecule has 1 aromatic rings. The minimum atomic E-state index is -4.51. The van der Waals surface area contributed by atoms with Crippen molar-refractivity contribution in [2.75, 3.05) is 0 Å². The van der Waals surface area contributed by atoms with Gasteiger partial charge in [-0.3, -0.25) is 0 Å². The Bertz CT molecular complexity index is 406. The van der Waals surface area contributed by atoms with E-state index in [4.69, 9.17) is 5.26 Å². The molecule has 1 nitrogen and oxygen atoms in total. The predicted octanol–water partition coefficient (Wildman–Crippen LogP) is 4.10. The van der Waals surface area contributed by atoms with Gasteiger partial charge in [-0.25, -0.2) is 0 Å². The molecular weight excluding hydrogens is 327 g/mol. The molecule has 0 aliphatic heterocycles. The maximum absolute atomic E-state index is 12.4. The number of rotatable bonds is 0. The smallest absolute Gasteiger partial charge is 0.192 e. The topological polar surface area (TPSA) is 23.8 Å². The van der Waals surface area contributed by atoms with E-state index in [0.29, 0.717) is 4.47 Å². The first-order valence-electron chi connectivity index (χ1n) is 3.33. The molecule has 0 saturated heterocycles. The van der Waals surface area contributed by atoms with Gasteiger partial charge in [0, 0.05) is 4.47 Å². The lowest BCUT2D eigenvalue weighted by molar-refractivity contribution is -0.137. The fourth-order valence-corrected chi connectivity index (χ4v) is 1.66. The summed E-state index contributed by atoms with van der Waals surface area (Å²) < 4.78 is 37.6. The summed E-state index contributed by atoms with van der Waals surface area (Å²) in [6.45, 7) is 0. The van der Waals surface area contributed by atoms with Gasteiger partial charge in [0.2, 0.25) is 0 Å². The third-order valence-electron chi connectivity index (χ3n) is 1.51. The van der Waals surface area contributed by atoms with Gasteiger partial charge in [-0.2, -0.15) is 18.4 Å². The van der Waals surface area contributed by atoms with Crippen LogP contribution in [0.2, 0.25) is 0 Å². The molecule has 0 amide bonds. The fraction of sp³-hybridized carbons (Fsp3) is 0.125. The van der Waals surface area contributed by atoms with Gasteiger partial charge in [0.25, 0.3) is 0 Å². The molecule has 0 saturated carbocycles. The maximum atomic E-state index is 12.4. The van der Waals surface area contributed by atoms with Crippen molar-refractivity contribution < 1.29 is 13.2 Å². The standard InChI is InChI=1S/C8H2Br2F3N/c9-6-2-1-5(8(11,12)13)4(3-14)7(6)10/h1-2H. The van der Waals surface area contributed by atoms with Crippen molar-refractivity contribution in [3.05, 3.63) is 32.2 Å². The fourth-order valence-electron chi connectivity index (χ4n) is 0.896. The minimum absolute atomic E-state index is 0.120. The van der Waals surface area contributed by atoms with Crippen LogP contribution in [0.5, 0.6) is 0 Å². The van der Waals surface area contributed by atoms with Crippen LogP contribution in [0.1, 0.15) is 11.1 Å². The lowest BCUT2D eigenvalue weighted by atomic mass is 10.1. The van der Waals surface area contributed by atoms with Crippen molar-refractivity contribution in [2.24, 2.45) is 0 Å². The molecule has 0 aromatic heterocycles. The first kappa shape index (κ1) is 11.5. The predicted molar refractivity (Wildman–Crippen MR) is 51.6 cm³/mol. The number of benzene rings is 1. The first-order chi connectivity index (χ1) is 6.38. The Morgan fingerprint density at radius 1 is 1.21 bits per heavy atom. The van der Waals surface area contributed by atoms with Crippen molar-refractivity contribution in [3.63, 3.8) is 0 Å². The Hall–Kier alpha value is -0.540. The molecule has 6 heteroatoms. The van der Waals surface area contributed by atoms with Crippen molar-refractivity contribution in [3.8, 4) is 6.07 Å². The molecule has 0 heterocycles. The largest absolute Gasteiger partial charge is 0.417 e. The van der Waals surface area contributed by atoms with E-state index >= 15 is 0 Å². The molecule has 74 valence electrons. The molecule has 1 aromatic carbocycles. The highest BCUT2D eigenvalue weighted by atomic mass is 79.9. The Morgan fingerprint density at radius 3 is 2.21 bits per heavy atom. The van der Waals surface area contributed by atoms with Gasteiger partial charge in [-0.15, -0.1) is 0 Å². The second-order valence-electron chi connectivity index (χ2n) is 2.39. The van der Waals surface area contributed by atoms with Crippen LogP contribution in [0.4, 0.5) is 13.2 Å². The average molecular weight is 329 g/mol. The second-order valence-corrected chi connectivity index (χ2v) is 4.04. The van der Waals surface area contributed by atoms with Crippen LogP contribution in [0.3, 0.4) is 0 Å². The highest BCUT2D eigenvalue weighted by molar-refractivity contribution is 9.13. The lowest BCUT2D eigenvalue weighted by Gasteiger charge is -2.10. The van der Waals surface area contributed by atoms with Gasteiger partial charge in [-0.1, -0.05) is 0 Å². The highest BCUT2D eigenvalue weighted by Crippen LogP contribution is 2.37.